The summed E-state index contributed by atoms with van der Waals surface area (Å²) < 4.78 is 0. The number of rotatable bonds is 11. The Hall–Kier alpha value is -2.12. The fourth-order valence-corrected chi connectivity index (χ4v) is 3.87. The van der Waals surface area contributed by atoms with Gasteiger partial charge in [-0.25, -0.2) is 4.99 Å². The van der Waals surface area contributed by atoms with Gasteiger partial charge < -0.3 is 15.5 Å². The van der Waals surface area contributed by atoms with E-state index in [0.717, 1.165) is 38.6 Å². The normalized spacial score (nSPS) is 18.3. The number of aliphatic imine (C=N–C) groups is 1. The van der Waals surface area contributed by atoms with Crippen molar-refractivity contribution in [2.75, 3.05) is 53.9 Å². The van der Waals surface area contributed by atoms with E-state index in [-0.39, 0.29) is 12.5 Å². The highest BCUT2D eigenvalue weighted by molar-refractivity contribution is 5.84. The quantitative estimate of drug-likeness (QED) is 0.415. The summed E-state index contributed by atoms with van der Waals surface area (Å²) in [5.74, 6) is 0.740. The van der Waals surface area contributed by atoms with Gasteiger partial charge in [-0.05, 0) is 51.9 Å². The first-order chi connectivity index (χ1) is 14.9. The number of hydrogen-bond donors (Lipinski definition) is 2. The van der Waals surface area contributed by atoms with Crippen molar-refractivity contribution in [3.8, 4) is 0 Å². The number of amides is 1. The molecule has 1 heterocycles. The van der Waals surface area contributed by atoms with Gasteiger partial charge in [-0.1, -0.05) is 37.3 Å². The Morgan fingerprint density at radius 1 is 1.23 bits per heavy atom. The highest BCUT2D eigenvalue weighted by Gasteiger charge is 2.23. The number of benzene rings is 1. The minimum atomic E-state index is 0.00751. The van der Waals surface area contributed by atoms with Crippen LogP contribution in [0.15, 0.2) is 35.3 Å². The predicted molar refractivity (Wildman–Crippen MR) is 129 cm³/mol. The molecule has 0 aliphatic carbocycles. The molecule has 2 rings (SSSR count). The van der Waals surface area contributed by atoms with Crippen molar-refractivity contribution < 1.29 is 4.79 Å². The van der Waals surface area contributed by atoms with Crippen LogP contribution in [0.2, 0.25) is 0 Å². The van der Waals surface area contributed by atoms with Crippen LogP contribution >= 0.6 is 0 Å². The van der Waals surface area contributed by atoms with E-state index in [4.69, 9.17) is 0 Å². The fourth-order valence-electron chi connectivity index (χ4n) is 3.87. The lowest BCUT2D eigenvalue weighted by molar-refractivity contribution is -0.127. The van der Waals surface area contributed by atoms with Crippen LogP contribution in [-0.4, -0.2) is 92.5 Å². The first-order valence-electron chi connectivity index (χ1n) is 11.6. The molecule has 0 bridgehead atoms. The van der Waals surface area contributed by atoms with E-state index in [1.165, 1.54) is 24.9 Å². The average Bonchev–Trinajstić information content (AvgIpc) is 3.23. The Labute approximate surface area is 188 Å². The summed E-state index contributed by atoms with van der Waals surface area (Å²) in [6.07, 6.45) is 3.46. The number of nitrogens with one attached hydrogen (secondary N) is 2. The summed E-state index contributed by atoms with van der Waals surface area (Å²) in [6.45, 7) is 9.49. The fraction of sp³-hybridized carbons (Fsp3) is 0.667. The molecule has 174 valence electrons. The van der Waals surface area contributed by atoms with Crippen molar-refractivity contribution in [2.24, 2.45) is 4.99 Å². The summed E-state index contributed by atoms with van der Waals surface area (Å²) in [7, 11) is 5.70. The Balaban J connectivity index is 1.84. The number of guanidine groups is 1. The van der Waals surface area contributed by atoms with E-state index in [0.29, 0.717) is 12.1 Å². The molecule has 1 aliphatic heterocycles. The van der Waals surface area contributed by atoms with E-state index in [9.17, 15) is 4.79 Å². The van der Waals surface area contributed by atoms with E-state index < -0.39 is 0 Å². The predicted octanol–water partition coefficient (Wildman–Crippen LogP) is 2.00. The maximum absolute atomic E-state index is 12.0. The molecule has 2 atom stereocenters. The van der Waals surface area contributed by atoms with E-state index in [2.05, 4.69) is 76.7 Å². The second-order valence-electron chi connectivity index (χ2n) is 8.72. The van der Waals surface area contributed by atoms with Crippen LogP contribution in [0.25, 0.3) is 0 Å². The zero-order chi connectivity index (χ0) is 22.6. The van der Waals surface area contributed by atoms with Gasteiger partial charge in [0.05, 0.1) is 0 Å². The number of likely N-dealkylation sites (tertiary alicyclic amines) is 1. The van der Waals surface area contributed by atoms with Gasteiger partial charge in [0.2, 0.25) is 5.91 Å². The third kappa shape index (κ3) is 8.87. The van der Waals surface area contributed by atoms with Crippen LogP contribution in [-0.2, 0) is 11.3 Å². The van der Waals surface area contributed by atoms with Gasteiger partial charge in [0.1, 0.15) is 6.54 Å². The summed E-state index contributed by atoms with van der Waals surface area (Å²) in [5, 5.41) is 6.92. The molecular formula is C24H42N6O. The van der Waals surface area contributed by atoms with Gasteiger partial charge in [0, 0.05) is 45.8 Å². The average molecular weight is 431 g/mol. The Morgan fingerprint density at radius 2 is 1.97 bits per heavy atom. The topological polar surface area (TPSA) is 63.2 Å². The number of carbonyl (C=O) groups is 1. The molecule has 2 unspecified atom stereocenters. The number of carbonyl (C=O) groups excluding carboxylic acids is 1. The minimum absolute atomic E-state index is 0.00751. The third-order valence-electron chi connectivity index (χ3n) is 6.16. The van der Waals surface area contributed by atoms with Gasteiger partial charge in [-0.3, -0.25) is 14.6 Å². The Bertz CT molecular complexity index is 678. The van der Waals surface area contributed by atoms with Gasteiger partial charge in [-0.2, -0.15) is 0 Å². The number of nitrogens with zero attached hydrogens (tertiary/aromatic N) is 4. The number of likely N-dealkylation sites (N-methyl/N-ethyl adjacent to an activating group) is 2. The molecule has 1 amide bonds. The van der Waals surface area contributed by atoms with Crippen molar-refractivity contribution in [3.05, 3.63) is 35.9 Å². The Morgan fingerprint density at radius 3 is 2.65 bits per heavy atom. The highest BCUT2D eigenvalue weighted by atomic mass is 16.2. The monoisotopic (exact) mass is 430 g/mol. The number of hydrogen-bond acceptors (Lipinski definition) is 4. The smallest absolute Gasteiger partial charge is 0.243 e. The molecular weight excluding hydrogens is 388 g/mol. The zero-order valence-electron chi connectivity index (χ0n) is 20.1. The third-order valence-corrected chi connectivity index (χ3v) is 6.16. The SMILES string of the molecule is CCN1CCCC1CNC(=NCC(=O)N(C)C)NCCC(C)N(C)Cc1ccccc1. The molecule has 0 spiro atoms. The highest BCUT2D eigenvalue weighted by Crippen LogP contribution is 2.15. The van der Waals surface area contributed by atoms with E-state index in [1.54, 1.807) is 19.0 Å². The summed E-state index contributed by atoms with van der Waals surface area (Å²) in [5.41, 5.74) is 1.33. The van der Waals surface area contributed by atoms with Crippen molar-refractivity contribution in [2.45, 2.75) is 51.7 Å². The molecule has 0 saturated carbocycles. The molecule has 0 aromatic heterocycles. The van der Waals surface area contributed by atoms with Crippen LogP contribution in [0.3, 0.4) is 0 Å². The van der Waals surface area contributed by atoms with Gasteiger partial charge in [-0.15, -0.1) is 0 Å². The van der Waals surface area contributed by atoms with Crippen LogP contribution < -0.4 is 10.6 Å². The van der Waals surface area contributed by atoms with E-state index in [1.807, 2.05) is 0 Å². The molecule has 7 nitrogen and oxygen atoms in total. The van der Waals surface area contributed by atoms with Crippen molar-refractivity contribution in [3.63, 3.8) is 0 Å². The minimum Gasteiger partial charge on any atom is -0.356 e. The first-order valence-corrected chi connectivity index (χ1v) is 11.6. The zero-order valence-corrected chi connectivity index (χ0v) is 20.1. The molecule has 7 heteroatoms. The van der Waals surface area contributed by atoms with E-state index >= 15 is 0 Å². The first kappa shape index (κ1) is 25.1. The van der Waals surface area contributed by atoms with Crippen molar-refractivity contribution in [1.29, 1.82) is 0 Å². The van der Waals surface area contributed by atoms with Crippen molar-refractivity contribution in [1.82, 2.24) is 25.3 Å². The molecule has 0 radical (unpaired) electrons. The van der Waals surface area contributed by atoms with Gasteiger partial charge in [0.15, 0.2) is 5.96 Å². The molecule has 31 heavy (non-hydrogen) atoms. The molecule has 1 saturated heterocycles. The maximum atomic E-state index is 12.0. The molecule has 1 aliphatic rings. The molecule has 2 N–H and O–H groups in total. The largest absolute Gasteiger partial charge is 0.356 e. The lowest BCUT2D eigenvalue weighted by atomic mass is 10.1. The lowest BCUT2D eigenvalue weighted by Crippen LogP contribution is -2.46. The van der Waals surface area contributed by atoms with Crippen LogP contribution in [0, 0.1) is 0 Å². The molecule has 1 fully saturated rings. The van der Waals surface area contributed by atoms with Crippen LogP contribution in [0.4, 0.5) is 0 Å². The molecule has 1 aromatic carbocycles. The molecule has 1 aromatic rings. The lowest BCUT2D eigenvalue weighted by Gasteiger charge is -2.26. The van der Waals surface area contributed by atoms with Crippen molar-refractivity contribution >= 4 is 11.9 Å². The second-order valence-corrected chi connectivity index (χ2v) is 8.72. The maximum Gasteiger partial charge on any atom is 0.243 e. The summed E-state index contributed by atoms with van der Waals surface area (Å²) in [4.78, 5) is 23.0. The van der Waals surface area contributed by atoms with Gasteiger partial charge in [0.25, 0.3) is 0 Å². The second kappa shape index (κ2) is 13.3. The van der Waals surface area contributed by atoms with Crippen LogP contribution in [0.1, 0.15) is 38.7 Å². The standard InChI is InChI=1S/C24H42N6O/c1-6-30-16-10-13-22(30)17-26-24(27-18-23(31)28(3)4)25-15-14-20(2)29(5)19-21-11-8-7-9-12-21/h7-9,11-12,20,22H,6,10,13-19H2,1-5H3,(H2,25,26,27). The summed E-state index contributed by atoms with van der Waals surface area (Å²) in [6, 6.07) is 11.5. The Kier molecular flexibility index (Phi) is 10.8. The van der Waals surface area contributed by atoms with Crippen LogP contribution in [0.5, 0.6) is 0 Å². The summed E-state index contributed by atoms with van der Waals surface area (Å²) >= 11 is 0. The van der Waals surface area contributed by atoms with Gasteiger partial charge >= 0.3 is 0 Å².